The van der Waals surface area contributed by atoms with Crippen LogP contribution >= 0.6 is 0 Å². The molecule has 2 N–H and O–H groups in total. The first-order chi connectivity index (χ1) is 18.4. The van der Waals surface area contributed by atoms with Crippen molar-refractivity contribution in [2.24, 2.45) is 5.73 Å². The minimum Gasteiger partial charge on any atom is -0.419 e. The van der Waals surface area contributed by atoms with Crippen LogP contribution in [0, 0.1) is 11.3 Å². The van der Waals surface area contributed by atoms with E-state index >= 15 is 0 Å². The second kappa shape index (κ2) is 10.6. The van der Waals surface area contributed by atoms with Gasteiger partial charge in [-0.25, -0.2) is 0 Å². The zero-order valence-corrected chi connectivity index (χ0v) is 21.7. The molecule has 0 saturated carbocycles. The normalized spacial score (nSPS) is 16.7. The minimum absolute atomic E-state index is 0.0284. The topological polar surface area (TPSA) is 109 Å². The Morgan fingerprint density at radius 2 is 1.84 bits per heavy atom. The number of nitrogens with zero attached hydrogens (tertiary/aromatic N) is 4. The van der Waals surface area contributed by atoms with Crippen molar-refractivity contribution in [1.29, 1.82) is 5.26 Å². The first-order valence-corrected chi connectivity index (χ1v) is 13.0. The fraction of sp³-hybridized carbons (Fsp3) is 0.290. The highest BCUT2D eigenvalue weighted by Crippen LogP contribution is 2.33. The molecule has 3 aromatic carbocycles. The van der Waals surface area contributed by atoms with Gasteiger partial charge in [0.2, 0.25) is 11.8 Å². The van der Waals surface area contributed by atoms with Gasteiger partial charge in [0.15, 0.2) is 0 Å². The van der Waals surface area contributed by atoms with Crippen LogP contribution in [0.3, 0.4) is 0 Å². The van der Waals surface area contributed by atoms with Gasteiger partial charge in [-0.3, -0.25) is 4.79 Å². The maximum absolute atomic E-state index is 13.7. The molecule has 1 unspecified atom stereocenters. The Hall–Kier alpha value is -4.28. The Balaban J connectivity index is 1.56. The van der Waals surface area contributed by atoms with Crippen molar-refractivity contribution in [3.05, 3.63) is 95.4 Å². The fourth-order valence-corrected chi connectivity index (χ4v) is 5.22. The third-order valence-corrected chi connectivity index (χ3v) is 7.22. The summed E-state index contributed by atoms with van der Waals surface area (Å²) in [7, 11) is 0. The molecular weight excluding hydrogens is 474 g/mol. The van der Waals surface area contributed by atoms with E-state index in [2.05, 4.69) is 23.2 Å². The van der Waals surface area contributed by atoms with Crippen LogP contribution in [0.2, 0.25) is 0 Å². The average Bonchev–Trinajstić information content (AvgIpc) is 3.63. The number of hydrogen-bond acceptors (Lipinski definition) is 6. The molecule has 1 saturated heterocycles. The zero-order valence-electron chi connectivity index (χ0n) is 21.7. The molecule has 38 heavy (non-hydrogen) atoms. The van der Waals surface area contributed by atoms with E-state index in [0.29, 0.717) is 29.0 Å². The Bertz CT molecular complexity index is 1490. The van der Waals surface area contributed by atoms with Crippen LogP contribution in [0.15, 0.2) is 77.2 Å². The van der Waals surface area contributed by atoms with Gasteiger partial charge in [-0.05, 0) is 73.6 Å². The van der Waals surface area contributed by atoms with E-state index in [1.165, 1.54) is 0 Å². The number of rotatable bonds is 7. The number of aromatic nitrogens is 2. The molecule has 1 fully saturated rings. The molecule has 7 nitrogen and oxygen atoms in total. The Labute approximate surface area is 222 Å². The highest BCUT2D eigenvalue weighted by molar-refractivity contribution is 5.97. The second-order valence-corrected chi connectivity index (χ2v) is 10.2. The lowest BCUT2D eigenvalue weighted by atomic mass is 9.94. The second-order valence-electron chi connectivity index (χ2n) is 10.2. The zero-order chi connectivity index (χ0) is 26.7. The Kier molecular flexibility index (Phi) is 7.08. The van der Waals surface area contributed by atoms with Gasteiger partial charge in [-0.2, -0.15) is 5.26 Å². The van der Waals surface area contributed by atoms with Crippen molar-refractivity contribution >= 4 is 5.91 Å². The Morgan fingerprint density at radius 3 is 2.61 bits per heavy atom. The van der Waals surface area contributed by atoms with Gasteiger partial charge < -0.3 is 15.1 Å². The summed E-state index contributed by atoms with van der Waals surface area (Å²) in [6.07, 6.45) is 3.45. The third kappa shape index (κ3) is 5.09. The van der Waals surface area contributed by atoms with Gasteiger partial charge >= 0.3 is 0 Å². The van der Waals surface area contributed by atoms with E-state index in [-0.39, 0.29) is 17.8 Å². The minimum atomic E-state index is -0.875. The van der Waals surface area contributed by atoms with Crippen LogP contribution in [0.5, 0.6) is 0 Å². The monoisotopic (exact) mass is 505 g/mol. The molecule has 192 valence electrons. The number of benzene rings is 3. The smallest absolute Gasteiger partial charge is 0.254 e. The third-order valence-electron chi connectivity index (χ3n) is 7.22. The summed E-state index contributed by atoms with van der Waals surface area (Å²) in [5, 5.41) is 18.3. The molecule has 7 heteroatoms. The summed E-state index contributed by atoms with van der Waals surface area (Å²) in [5.41, 5.74) is 9.97. The number of carbonyl (C=O) groups excluding carboxylic acids is 1. The number of amides is 1. The summed E-state index contributed by atoms with van der Waals surface area (Å²) in [6.45, 7) is 4.71. The van der Waals surface area contributed by atoms with Crippen molar-refractivity contribution < 1.29 is 9.21 Å². The molecule has 1 amide bonds. The van der Waals surface area contributed by atoms with E-state index in [4.69, 9.17) is 10.2 Å². The maximum Gasteiger partial charge on any atom is 0.254 e. The van der Waals surface area contributed by atoms with Crippen molar-refractivity contribution in [2.45, 2.75) is 51.1 Å². The molecule has 2 heterocycles. The van der Waals surface area contributed by atoms with Crippen LogP contribution in [0.1, 0.15) is 60.5 Å². The molecule has 0 bridgehead atoms. The maximum atomic E-state index is 13.7. The van der Waals surface area contributed by atoms with Crippen LogP contribution in [0.4, 0.5) is 0 Å². The van der Waals surface area contributed by atoms with E-state index in [1.807, 2.05) is 72.5 Å². The van der Waals surface area contributed by atoms with Crippen LogP contribution in [-0.4, -0.2) is 33.6 Å². The van der Waals surface area contributed by atoms with Crippen molar-refractivity contribution in [2.75, 3.05) is 6.54 Å². The molecule has 0 radical (unpaired) electrons. The van der Waals surface area contributed by atoms with Crippen molar-refractivity contribution in [3.63, 3.8) is 0 Å². The molecular formula is C31H31N5O2. The van der Waals surface area contributed by atoms with Gasteiger partial charge in [0.1, 0.15) is 0 Å². The molecule has 1 aliphatic rings. The lowest BCUT2D eigenvalue weighted by Gasteiger charge is -2.24. The number of likely N-dealkylation sites (tertiary alicyclic amines) is 1. The van der Waals surface area contributed by atoms with Gasteiger partial charge in [0, 0.05) is 23.7 Å². The number of carbonyl (C=O) groups is 1. The van der Waals surface area contributed by atoms with E-state index in [1.54, 1.807) is 12.1 Å². The standard InChI is InChI=1S/C31H31N5O2/c1-3-26-13-9-15-36(26)29(37)25-17-23(27-14-8-7-12-22(27)20-32)16-24(18-25)28-34-35-30(38-28)31(2,33)19-21-10-5-4-6-11-21/h4-8,10-12,14,16-18,26H,3,9,13,15,19,33H2,1-2H3/t26?,31-/m1/s1. The number of hydrogen-bond donors (Lipinski definition) is 1. The summed E-state index contributed by atoms with van der Waals surface area (Å²) >= 11 is 0. The SMILES string of the molecule is CCC1CCCN1C(=O)c1cc(-c2nnc([C@](C)(N)Cc3ccccc3)o2)cc(-c2ccccc2C#N)c1. The van der Waals surface area contributed by atoms with Gasteiger partial charge in [-0.1, -0.05) is 55.5 Å². The lowest BCUT2D eigenvalue weighted by Crippen LogP contribution is -2.35. The predicted octanol–water partition coefficient (Wildman–Crippen LogP) is 5.71. The summed E-state index contributed by atoms with van der Waals surface area (Å²) in [6, 6.07) is 25.3. The molecule has 1 aliphatic heterocycles. The van der Waals surface area contributed by atoms with Crippen LogP contribution in [0.25, 0.3) is 22.6 Å². The van der Waals surface area contributed by atoms with E-state index in [9.17, 15) is 10.1 Å². The summed E-state index contributed by atoms with van der Waals surface area (Å²) in [4.78, 5) is 15.6. The van der Waals surface area contributed by atoms with Gasteiger partial charge in [-0.15, -0.1) is 10.2 Å². The molecule has 0 aliphatic carbocycles. The fourth-order valence-electron chi connectivity index (χ4n) is 5.22. The average molecular weight is 506 g/mol. The highest BCUT2D eigenvalue weighted by atomic mass is 16.4. The van der Waals surface area contributed by atoms with Crippen molar-refractivity contribution in [3.8, 4) is 28.7 Å². The van der Waals surface area contributed by atoms with E-state index < -0.39 is 5.54 Å². The number of nitrogens with two attached hydrogens (primary N) is 1. The quantitative estimate of drug-likeness (QED) is 0.345. The largest absolute Gasteiger partial charge is 0.419 e. The summed E-state index contributed by atoms with van der Waals surface area (Å²) < 4.78 is 6.12. The molecule has 2 atom stereocenters. The highest BCUT2D eigenvalue weighted by Gasteiger charge is 2.31. The first-order valence-electron chi connectivity index (χ1n) is 13.0. The molecule has 1 aromatic heterocycles. The van der Waals surface area contributed by atoms with Gasteiger partial charge in [0.05, 0.1) is 17.2 Å². The summed E-state index contributed by atoms with van der Waals surface area (Å²) in [5.74, 6) is 0.570. The van der Waals surface area contributed by atoms with Gasteiger partial charge in [0.25, 0.3) is 5.91 Å². The number of nitriles is 1. The molecule has 0 spiro atoms. The predicted molar refractivity (Wildman–Crippen MR) is 146 cm³/mol. The first kappa shape index (κ1) is 25.4. The van der Waals surface area contributed by atoms with Crippen molar-refractivity contribution in [1.82, 2.24) is 15.1 Å². The van der Waals surface area contributed by atoms with E-state index in [0.717, 1.165) is 42.5 Å². The molecule has 4 aromatic rings. The van der Waals surface area contributed by atoms with Crippen LogP contribution < -0.4 is 5.73 Å². The lowest BCUT2D eigenvalue weighted by molar-refractivity contribution is 0.0733. The molecule has 5 rings (SSSR count). The Morgan fingerprint density at radius 1 is 1.11 bits per heavy atom. The van der Waals surface area contributed by atoms with Crippen LogP contribution in [-0.2, 0) is 12.0 Å².